The first-order valence-electron chi connectivity index (χ1n) is 4.87. The molecule has 2 nitrogen and oxygen atoms in total. The second kappa shape index (κ2) is 3.90. The van der Waals surface area contributed by atoms with Crippen LogP contribution in [0.2, 0.25) is 0 Å². The van der Waals surface area contributed by atoms with Crippen LogP contribution in [0.3, 0.4) is 0 Å². The summed E-state index contributed by atoms with van der Waals surface area (Å²) >= 11 is 0. The Hall–Kier alpha value is -0.860. The van der Waals surface area contributed by atoms with Crippen molar-refractivity contribution in [2.24, 2.45) is 0 Å². The van der Waals surface area contributed by atoms with Crippen LogP contribution < -0.4 is 0 Å². The molecular weight excluding hydrogens is 162 g/mol. The standard InChI is InChI=1S/C11H15NO/c1-2-12-9-8-11(13-12)10-6-4-3-5-7-10/h3-7,11H,2,8-9H2,1H3. The Balaban J connectivity index is 2.04. The van der Waals surface area contributed by atoms with Gasteiger partial charge in [0.05, 0.1) is 0 Å². The van der Waals surface area contributed by atoms with Gasteiger partial charge in [-0.25, -0.2) is 0 Å². The molecule has 2 heteroatoms. The second-order valence-corrected chi connectivity index (χ2v) is 3.32. The molecule has 2 rings (SSSR count). The van der Waals surface area contributed by atoms with E-state index in [0.29, 0.717) is 0 Å². The fourth-order valence-corrected chi connectivity index (χ4v) is 1.67. The van der Waals surface area contributed by atoms with Gasteiger partial charge in [0.2, 0.25) is 0 Å². The number of benzene rings is 1. The van der Waals surface area contributed by atoms with Gasteiger partial charge in [-0.3, -0.25) is 4.84 Å². The molecule has 1 unspecified atom stereocenters. The third kappa shape index (κ3) is 1.90. The van der Waals surface area contributed by atoms with Crippen molar-refractivity contribution in [2.45, 2.75) is 19.4 Å². The maximum Gasteiger partial charge on any atom is 0.106 e. The van der Waals surface area contributed by atoms with Crippen molar-refractivity contribution >= 4 is 0 Å². The van der Waals surface area contributed by atoms with Crippen LogP contribution in [0.25, 0.3) is 0 Å². The summed E-state index contributed by atoms with van der Waals surface area (Å²) in [4.78, 5) is 5.73. The molecule has 1 aliphatic rings. The third-order valence-corrected chi connectivity index (χ3v) is 2.44. The fraction of sp³-hybridized carbons (Fsp3) is 0.455. The predicted octanol–water partition coefficient (Wildman–Crippen LogP) is 2.38. The second-order valence-electron chi connectivity index (χ2n) is 3.32. The molecule has 1 aromatic rings. The van der Waals surface area contributed by atoms with E-state index in [1.165, 1.54) is 5.56 Å². The lowest BCUT2D eigenvalue weighted by Gasteiger charge is -2.13. The molecule has 1 atom stereocenters. The third-order valence-electron chi connectivity index (χ3n) is 2.44. The van der Waals surface area contributed by atoms with E-state index in [9.17, 15) is 0 Å². The number of hydrogen-bond acceptors (Lipinski definition) is 2. The van der Waals surface area contributed by atoms with Gasteiger partial charge in [-0.15, -0.1) is 0 Å². The quantitative estimate of drug-likeness (QED) is 0.687. The van der Waals surface area contributed by atoms with Crippen molar-refractivity contribution in [3.63, 3.8) is 0 Å². The van der Waals surface area contributed by atoms with E-state index >= 15 is 0 Å². The van der Waals surface area contributed by atoms with Crippen LogP contribution in [-0.4, -0.2) is 18.2 Å². The maximum atomic E-state index is 5.73. The zero-order valence-corrected chi connectivity index (χ0v) is 7.94. The minimum Gasteiger partial charge on any atom is -0.291 e. The lowest BCUT2D eigenvalue weighted by Crippen LogP contribution is -2.16. The van der Waals surface area contributed by atoms with Crippen LogP contribution in [-0.2, 0) is 4.84 Å². The number of hydroxylamine groups is 2. The fourth-order valence-electron chi connectivity index (χ4n) is 1.67. The van der Waals surface area contributed by atoms with Gasteiger partial charge in [0.25, 0.3) is 0 Å². The molecule has 0 radical (unpaired) electrons. The van der Waals surface area contributed by atoms with Gasteiger partial charge in [-0.05, 0) is 12.0 Å². The molecule has 1 saturated heterocycles. The summed E-state index contributed by atoms with van der Waals surface area (Å²) in [6.45, 7) is 4.15. The Morgan fingerprint density at radius 2 is 2.15 bits per heavy atom. The predicted molar refractivity (Wildman–Crippen MR) is 52.1 cm³/mol. The normalized spacial score (nSPS) is 23.6. The first kappa shape index (κ1) is 8.73. The van der Waals surface area contributed by atoms with E-state index in [1.54, 1.807) is 0 Å². The van der Waals surface area contributed by atoms with Gasteiger partial charge in [-0.1, -0.05) is 37.3 Å². The molecule has 0 amide bonds. The zero-order valence-electron chi connectivity index (χ0n) is 7.94. The van der Waals surface area contributed by atoms with E-state index in [-0.39, 0.29) is 6.10 Å². The molecular formula is C11H15NO. The molecule has 1 fully saturated rings. The summed E-state index contributed by atoms with van der Waals surface area (Å²) in [6.07, 6.45) is 1.39. The minimum atomic E-state index is 0.279. The van der Waals surface area contributed by atoms with Crippen molar-refractivity contribution in [1.29, 1.82) is 0 Å². The van der Waals surface area contributed by atoms with Crippen LogP contribution in [0.1, 0.15) is 25.0 Å². The molecule has 0 aromatic heterocycles. The first-order valence-corrected chi connectivity index (χ1v) is 4.87. The van der Waals surface area contributed by atoms with Crippen molar-refractivity contribution in [3.05, 3.63) is 35.9 Å². The van der Waals surface area contributed by atoms with Crippen molar-refractivity contribution in [2.75, 3.05) is 13.1 Å². The first-order chi connectivity index (χ1) is 6.40. The summed E-state index contributed by atoms with van der Waals surface area (Å²) < 4.78 is 0. The summed E-state index contributed by atoms with van der Waals surface area (Å²) in [6, 6.07) is 10.4. The molecule has 1 heterocycles. The van der Waals surface area contributed by atoms with Crippen molar-refractivity contribution in [3.8, 4) is 0 Å². The molecule has 1 aromatic carbocycles. The van der Waals surface area contributed by atoms with Crippen LogP contribution in [0, 0.1) is 0 Å². The van der Waals surface area contributed by atoms with Gasteiger partial charge in [0.15, 0.2) is 0 Å². The number of hydrogen-bond donors (Lipinski definition) is 0. The Kier molecular flexibility index (Phi) is 2.62. The van der Waals surface area contributed by atoms with Gasteiger partial charge in [0.1, 0.15) is 6.10 Å². The highest BCUT2D eigenvalue weighted by Crippen LogP contribution is 2.27. The largest absolute Gasteiger partial charge is 0.291 e. The van der Waals surface area contributed by atoms with E-state index in [0.717, 1.165) is 19.5 Å². The molecule has 70 valence electrons. The van der Waals surface area contributed by atoms with Gasteiger partial charge in [-0.2, -0.15) is 5.06 Å². The summed E-state index contributed by atoms with van der Waals surface area (Å²) in [7, 11) is 0. The summed E-state index contributed by atoms with van der Waals surface area (Å²) in [5.41, 5.74) is 1.29. The van der Waals surface area contributed by atoms with Gasteiger partial charge < -0.3 is 0 Å². The maximum absolute atomic E-state index is 5.73. The smallest absolute Gasteiger partial charge is 0.106 e. The van der Waals surface area contributed by atoms with Crippen LogP contribution in [0.4, 0.5) is 0 Å². The van der Waals surface area contributed by atoms with Crippen LogP contribution in [0.5, 0.6) is 0 Å². The van der Waals surface area contributed by atoms with E-state index in [2.05, 4.69) is 31.2 Å². The molecule has 13 heavy (non-hydrogen) atoms. The number of rotatable bonds is 2. The highest BCUT2D eigenvalue weighted by Gasteiger charge is 2.23. The van der Waals surface area contributed by atoms with Crippen molar-refractivity contribution < 1.29 is 4.84 Å². The minimum absolute atomic E-state index is 0.279. The Morgan fingerprint density at radius 1 is 1.38 bits per heavy atom. The molecule has 0 saturated carbocycles. The zero-order chi connectivity index (χ0) is 9.10. The Labute approximate surface area is 79.1 Å². The van der Waals surface area contributed by atoms with Crippen LogP contribution in [0.15, 0.2) is 30.3 Å². The lowest BCUT2D eigenvalue weighted by molar-refractivity contribution is -0.143. The summed E-state index contributed by atoms with van der Waals surface area (Å²) in [5.74, 6) is 0. The topological polar surface area (TPSA) is 12.5 Å². The van der Waals surface area contributed by atoms with Gasteiger partial charge in [0, 0.05) is 13.1 Å². The van der Waals surface area contributed by atoms with E-state index < -0.39 is 0 Å². The molecule has 0 bridgehead atoms. The highest BCUT2D eigenvalue weighted by molar-refractivity contribution is 5.17. The van der Waals surface area contributed by atoms with E-state index in [4.69, 9.17) is 4.84 Å². The highest BCUT2D eigenvalue weighted by atomic mass is 16.7. The average molecular weight is 177 g/mol. The summed E-state index contributed by atoms with van der Waals surface area (Å²) in [5, 5.41) is 2.03. The average Bonchev–Trinajstić information content (AvgIpc) is 2.67. The Morgan fingerprint density at radius 3 is 2.77 bits per heavy atom. The molecule has 1 aliphatic heterocycles. The molecule has 0 spiro atoms. The van der Waals surface area contributed by atoms with Crippen molar-refractivity contribution in [1.82, 2.24) is 5.06 Å². The molecule has 0 N–H and O–H groups in total. The Bertz CT molecular complexity index is 260. The SMILES string of the molecule is CCN1CCC(c2ccccc2)O1. The number of nitrogens with zero attached hydrogens (tertiary/aromatic N) is 1. The van der Waals surface area contributed by atoms with Gasteiger partial charge >= 0.3 is 0 Å². The molecule has 0 aliphatic carbocycles. The lowest BCUT2D eigenvalue weighted by atomic mass is 10.1. The monoisotopic (exact) mass is 177 g/mol. The van der Waals surface area contributed by atoms with E-state index in [1.807, 2.05) is 11.1 Å². The van der Waals surface area contributed by atoms with Crippen LogP contribution >= 0.6 is 0 Å².